The number of hydrogen-bond acceptors (Lipinski definition) is 5. The van der Waals surface area contributed by atoms with Gasteiger partial charge in [-0.1, -0.05) is 144 Å². The number of benzene rings is 2. The molecule has 1 N–H and O–H groups in total. The molecule has 39 heavy (non-hydrogen) atoms. The number of unbranched alkanes of at least 4 members (excludes halogenated alkanes) is 15. The van der Waals surface area contributed by atoms with E-state index in [4.69, 9.17) is 18.8 Å². The van der Waals surface area contributed by atoms with Gasteiger partial charge in [-0.15, -0.1) is 0 Å². The van der Waals surface area contributed by atoms with Crippen molar-refractivity contribution in [3.63, 3.8) is 0 Å². The van der Waals surface area contributed by atoms with Gasteiger partial charge in [0.1, 0.15) is 0 Å². The summed E-state index contributed by atoms with van der Waals surface area (Å²) in [5, 5.41) is 1.83. The van der Waals surface area contributed by atoms with Gasteiger partial charge in [0, 0.05) is 12.0 Å². The lowest BCUT2D eigenvalue weighted by Gasteiger charge is -2.15. The Hall–Kier alpha value is -1.43. The van der Waals surface area contributed by atoms with Crippen LogP contribution in [0.5, 0.6) is 5.75 Å². The molecule has 0 radical (unpaired) electrons. The molecule has 1 atom stereocenters. The van der Waals surface area contributed by atoms with E-state index < -0.39 is 7.82 Å². The highest BCUT2D eigenvalue weighted by Gasteiger charge is 2.25. The average molecular weight is 565 g/mol. The van der Waals surface area contributed by atoms with E-state index in [1.165, 1.54) is 89.9 Å². The summed E-state index contributed by atoms with van der Waals surface area (Å²) in [5.74, 6) is 0.483. The number of phosphoric acid groups is 1. The molecule has 222 valence electrons. The summed E-state index contributed by atoms with van der Waals surface area (Å²) in [7, 11) is -4.36. The molecule has 7 heteroatoms. The Bertz CT molecular complexity index is 934. The summed E-state index contributed by atoms with van der Waals surface area (Å²) in [5.41, 5.74) is 0.966. The van der Waals surface area contributed by atoms with Gasteiger partial charge in [-0.3, -0.25) is 4.52 Å². The lowest BCUT2D eigenvalue weighted by molar-refractivity contribution is -0.128. The van der Waals surface area contributed by atoms with Crippen LogP contribution >= 0.6 is 7.82 Å². The highest BCUT2D eigenvalue weighted by molar-refractivity contribution is 7.47. The summed E-state index contributed by atoms with van der Waals surface area (Å²) >= 11 is 0. The largest absolute Gasteiger partial charge is 0.508 e. The molecule has 0 spiro atoms. The predicted octanol–water partition coefficient (Wildman–Crippen LogP) is 10.1. The highest BCUT2D eigenvalue weighted by Crippen LogP contribution is 2.44. The smallest absolute Gasteiger partial charge is 0.379 e. The summed E-state index contributed by atoms with van der Waals surface area (Å²) in [4.78, 5) is 15.5. The highest BCUT2D eigenvalue weighted by atomic mass is 31.2. The van der Waals surface area contributed by atoms with Gasteiger partial charge < -0.3 is 14.5 Å². The van der Waals surface area contributed by atoms with Crippen LogP contribution < -0.4 is 4.89 Å². The quantitative estimate of drug-likeness (QED) is 0.0560. The third-order valence-electron chi connectivity index (χ3n) is 7.16. The summed E-state index contributed by atoms with van der Waals surface area (Å²) in [6.07, 6.45) is 22.2. The molecule has 0 aliphatic heterocycles. The van der Waals surface area contributed by atoms with Gasteiger partial charge in [0.25, 0.3) is 0 Å². The van der Waals surface area contributed by atoms with Crippen LogP contribution in [0, 0.1) is 0 Å². The SMILES string of the molecule is CCCCCCCCCCCCCCCCCCc1ccc2ccccc2c1OOP(=O)(O)OCCOCC. The van der Waals surface area contributed by atoms with E-state index in [-0.39, 0.29) is 13.2 Å². The Balaban J connectivity index is 1.65. The third-order valence-corrected chi connectivity index (χ3v) is 7.93. The van der Waals surface area contributed by atoms with Crippen molar-refractivity contribution < 1.29 is 28.3 Å². The van der Waals surface area contributed by atoms with E-state index in [1.54, 1.807) is 0 Å². The Kier molecular flexibility index (Phi) is 18.5. The van der Waals surface area contributed by atoms with Gasteiger partial charge in [-0.05, 0) is 30.7 Å². The molecule has 0 bridgehead atoms. The molecule has 6 nitrogen and oxygen atoms in total. The zero-order valence-corrected chi connectivity index (χ0v) is 25.4. The second-order valence-electron chi connectivity index (χ2n) is 10.5. The molecule has 2 aromatic rings. The van der Waals surface area contributed by atoms with Crippen LogP contribution in [0.1, 0.15) is 122 Å². The second-order valence-corrected chi connectivity index (χ2v) is 11.8. The van der Waals surface area contributed by atoms with E-state index in [2.05, 4.69) is 13.0 Å². The van der Waals surface area contributed by atoms with Crippen molar-refractivity contribution in [1.82, 2.24) is 0 Å². The van der Waals surface area contributed by atoms with E-state index in [0.717, 1.165) is 35.6 Å². The van der Waals surface area contributed by atoms with Crippen LogP contribution in [0.2, 0.25) is 0 Å². The summed E-state index contributed by atoms with van der Waals surface area (Å²) < 4.78 is 27.2. The van der Waals surface area contributed by atoms with Gasteiger partial charge in [-0.2, -0.15) is 0 Å². The number of phosphoric ester groups is 1. The fourth-order valence-corrected chi connectivity index (χ4v) is 5.43. The van der Waals surface area contributed by atoms with Gasteiger partial charge in [0.05, 0.1) is 13.2 Å². The van der Waals surface area contributed by atoms with Crippen molar-refractivity contribution in [2.75, 3.05) is 19.8 Å². The van der Waals surface area contributed by atoms with Crippen molar-refractivity contribution in [3.05, 3.63) is 42.0 Å². The molecule has 1 unspecified atom stereocenters. The van der Waals surface area contributed by atoms with Crippen molar-refractivity contribution in [2.24, 2.45) is 0 Å². The molecular weight excluding hydrogens is 511 g/mol. The average Bonchev–Trinajstić information content (AvgIpc) is 2.94. The molecule has 2 rings (SSSR count). The minimum Gasteiger partial charge on any atom is -0.379 e. The first-order valence-corrected chi connectivity index (χ1v) is 17.0. The second kappa shape index (κ2) is 21.3. The molecule has 0 fully saturated rings. The molecule has 0 heterocycles. The first-order valence-electron chi connectivity index (χ1n) is 15.5. The monoisotopic (exact) mass is 564 g/mol. The van der Waals surface area contributed by atoms with Crippen LogP contribution in [-0.2, 0) is 24.9 Å². The lowest BCUT2D eigenvalue weighted by Crippen LogP contribution is -2.06. The van der Waals surface area contributed by atoms with Gasteiger partial charge >= 0.3 is 7.82 Å². The van der Waals surface area contributed by atoms with Crippen molar-refractivity contribution in [3.8, 4) is 5.75 Å². The van der Waals surface area contributed by atoms with Gasteiger partial charge in [0.2, 0.25) is 0 Å². The molecule has 0 amide bonds. The maximum atomic E-state index is 12.2. The predicted molar refractivity (Wildman–Crippen MR) is 161 cm³/mol. The zero-order valence-electron chi connectivity index (χ0n) is 24.5. The molecule has 2 aromatic carbocycles. The molecular formula is C32H53O6P. The lowest BCUT2D eigenvalue weighted by atomic mass is 10.00. The number of rotatable bonds is 25. The normalized spacial score (nSPS) is 13.1. The van der Waals surface area contributed by atoms with Crippen LogP contribution in [-0.4, -0.2) is 24.7 Å². The van der Waals surface area contributed by atoms with E-state index in [0.29, 0.717) is 12.4 Å². The van der Waals surface area contributed by atoms with Crippen LogP contribution in [0.3, 0.4) is 0 Å². The van der Waals surface area contributed by atoms with Gasteiger partial charge in [-0.25, -0.2) is 4.57 Å². The Morgan fingerprint density at radius 3 is 1.85 bits per heavy atom. The third kappa shape index (κ3) is 15.2. The fraction of sp³-hybridized carbons (Fsp3) is 0.688. The van der Waals surface area contributed by atoms with Crippen molar-refractivity contribution in [2.45, 2.75) is 123 Å². The molecule has 0 saturated heterocycles. The van der Waals surface area contributed by atoms with Crippen LogP contribution in [0.25, 0.3) is 10.8 Å². The number of hydrogen-bond donors (Lipinski definition) is 1. The van der Waals surface area contributed by atoms with Crippen molar-refractivity contribution >= 4 is 18.6 Å². The van der Waals surface area contributed by atoms with Crippen LogP contribution in [0.15, 0.2) is 36.4 Å². The Morgan fingerprint density at radius 2 is 1.26 bits per heavy atom. The van der Waals surface area contributed by atoms with E-state index in [9.17, 15) is 9.46 Å². The fourth-order valence-electron chi connectivity index (χ4n) is 4.91. The molecule has 0 aliphatic rings. The van der Waals surface area contributed by atoms with E-state index in [1.807, 2.05) is 37.3 Å². The summed E-state index contributed by atoms with van der Waals surface area (Å²) in [6.45, 7) is 4.79. The van der Waals surface area contributed by atoms with Crippen molar-refractivity contribution in [1.29, 1.82) is 0 Å². The topological polar surface area (TPSA) is 74.2 Å². The number of fused-ring (bicyclic) bond motifs is 1. The molecule has 0 saturated carbocycles. The zero-order chi connectivity index (χ0) is 28.0. The van der Waals surface area contributed by atoms with E-state index >= 15 is 0 Å². The standard InChI is InChI=1S/C32H53O6P/c1-3-5-6-7-8-9-10-11-12-13-14-15-16-17-18-19-23-30-26-25-29-22-20-21-24-31(29)32(30)37-38-39(33,34)36-28-27-35-4-2/h20-22,24-26H,3-19,23,27-28H2,1-2H3,(H,33,34). The molecule has 0 aromatic heterocycles. The Labute approximate surface area is 237 Å². The maximum Gasteiger partial charge on any atom is 0.508 e. The Morgan fingerprint density at radius 1 is 0.692 bits per heavy atom. The van der Waals surface area contributed by atoms with Gasteiger partial charge in [0.15, 0.2) is 5.75 Å². The first-order chi connectivity index (χ1) is 19.1. The maximum absolute atomic E-state index is 12.2. The minimum absolute atomic E-state index is 0.0490. The van der Waals surface area contributed by atoms with Crippen LogP contribution in [0.4, 0.5) is 0 Å². The number of ether oxygens (including phenoxy) is 1. The summed E-state index contributed by atoms with van der Waals surface area (Å²) in [6, 6.07) is 11.9. The minimum atomic E-state index is -4.36. The number of aryl methyl sites for hydroxylation is 1. The molecule has 0 aliphatic carbocycles. The first kappa shape index (κ1) is 33.8.